The summed E-state index contributed by atoms with van der Waals surface area (Å²) in [6.45, 7) is 3.72. The molecule has 1 unspecified atom stereocenters. The van der Waals surface area contributed by atoms with Crippen molar-refractivity contribution in [1.82, 2.24) is 5.43 Å². The van der Waals surface area contributed by atoms with Gasteiger partial charge in [0.1, 0.15) is 11.8 Å². The highest BCUT2D eigenvalue weighted by Gasteiger charge is 2.22. The molecule has 0 radical (unpaired) electrons. The summed E-state index contributed by atoms with van der Waals surface area (Å²) in [5.41, 5.74) is 4.44. The molecule has 1 aliphatic heterocycles. The molecule has 0 fully saturated rings. The van der Waals surface area contributed by atoms with Crippen molar-refractivity contribution in [3.63, 3.8) is 0 Å². The maximum atomic E-state index is 12.1. The number of anilines is 1. The zero-order chi connectivity index (χ0) is 16.4. The van der Waals surface area contributed by atoms with Gasteiger partial charge in [-0.3, -0.25) is 4.79 Å². The van der Waals surface area contributed by atoms with Crippen molar-refractivity contribution in [3.05, 3.63) is 51.7 Å². The van der Waals surface area contributed by atoms with E-state index in [-0.39, 0.29) is 5.91 Å². The molecule has 118 valence electrons. The maximum Gasteiger partial charge on any atom is 0.428 e. The van der Waals surface area contributed by atoms with Gasteiger partial charge in [0, 0.05) is 16.1 Å². The standard InChI is InChI=1S/C16H15N3O3S/c1-9-3-8-13(23-9)15(20)17-12-6-4-11(5-7-12)14-10(2)22-16(21)19-18-14/h3-8,10H,1-2H3,(H,17,20)(H,19,21). The van der Waals surface area contributed by atoms with Gasteiger partial charge in [0.05, 0.1) is 4.88 Å². The highest BCUT2D eigenvalue weighted by atomic mass is 32.1. The quantitative estimate of drug-likeness (QED) is 0.908. The van der Waals surface area contributed by atoms with Gasteiger partial charge in [0.15, 0.2) is 0 Å². The Morgan fingerprint density at radius 2 is 2.00 bits per heavy atom. The Bertz CT molecular complexity index is 780. The number of hydrogen-bond donors (Lipinski definition) is 2. The number of hydrogen-bond acceptors (Lipinski definition) is 5. The fraction of sp³-hybridized carbons (Fsp3) is 0.188. The maximum absolute atomic E-state index is 12.1. The van der Waals surface area contributed by atoms with Crippen molar-refractivity contribution in [3.8, 4) is 0 Å². The van der Waals surface area contributed by atoms with Crippen LogP contribution in [0.15, 0.2) is 41.5 Å². The zero-order valence-corrected chi connectivity index (χ0v) is 13.4. The number of thiophene rings is 1. The number of carbonyl (C=O) groups is 2. The van der Waals surface area contributed by atoms with E-state index in [1.165, 1.54) is 11.3 Å². The molecular weight excluding hydrogens is 314 g/mol. The van der Waals surface area contributed by atoms with Crippen LogP contribution in [-0.2, 0) is 4.74 Å². The first-order chi connectivity index (χ1) is 11.0. The van der Waals surface area contributed by atoms with Crippen molar-refractivity contribution in [2.24, 2.45) is 5.10 Å². The van der Waals surface area contributed by atoms with E-state index in [0.29, 0.717) is 16.3 Å². The Hall–Kier alpha value is -2.67. The van der Waals surface area contributed by atoms with Crippen molar-refractivity contribution >= 4 is 34.7 Å². The third-order valence-corrected chi connectivity index (χ3v) is 4.34. The van der Waals surface area contributed by atoms with E-state index in [4.69, 9.17) is 4.74 Å². The lowest BCUT2D eigenvalue weighted by molar-refractivity contribution is 0.103. The van der Waals surface area contributed by atoms with Gasteiger partial charge < -0.3 is 10.1 Å². The van der Waals surface area contributed by atoms with Crippen LogP contribution in [-0.4, -0.2) is 23.8 Å². The van der Waals surface area contributed by atoms with Gasteiger partial charge in [-0.1, -0.05) is 12.1 Å². The summed E-state index contributed by atoms with van der Waals surface area (Å²) in [6, 6.07) is 11.0. The van der Waals surface area contributed by atoms with Crippen molar-refractivity contribution in [1.29, 1.82) is 0 Å². The number of rotatable bonds is 3. The highest BCUT2D eigenvalue weighted by molar-refractivity contribution is 7.14. The molecule has 1 atom stereocenters. The molecule has 2 aromatic rings. The summed E-state index contributed by atoms with van der Waals surface area (Å²) in [4.78, 5) is 25.0. The van der Waals surface area contributed by atoms with Crippen LogP contribution in [0.4, 0.5) is 10.5 Å². The lowest BCUT2D eigenvalue weighted by atomic mass is 10.1. The fourth-order valence-electron chi connectivity index (χ4n) is 2.21. The minimum absolute atomic E-state index is 0.130. The normalized spacial score (nSPS) is 17.0. The SMILES string of the molecule is Cc1ccc(C(=O)Nc2ccc(C3=NNC(=O)OC3C)cc2)s1. The summed E-state index contributed by atoms with van der Waals surface area (Å²) >= 11 is 1.45. The van der Waals surface area contributed by atoms with E-state index in [1.54, 1.807) is 19.1 Å². The number of hydrazone groups is 1. The second kappa shape index (κ2) is 6.21. The smallest absolute Gasteiger partial charge is 0.428 e. The Labute approximate surface area is 137 Å². The van der Waals surface area contributed by atoms with Crippen LogP contribution >= 0.6 is 11.3 Å². The molecule has 3 rings (SSSR count). The number of amides is 2. The van der Waals surface area contributed by atoms with Crippen molar-refractivity contribution in [2.45, 2.75) is 20.0 Å². The van der Waals surface area contributed by atoms with Crippen LogP contribution in [0.1, 0.15) is 27.0 Å². The van der Waals surface area contributed by atoms with E-state index in [2.05, 4.69) is 15.8 Å². The van der Waals surface area contributed by atoms with E-state index in [9.17, 15) is 9.59 Å². The molecule has 0 saturated carbocycles. The molecule has 0 bridgehead atoms. The monoisotopic (exact) mass is 329 g/mol. The predicted molar refractivity (Wildman–Crippen MR) is 89.1 cm³/mol. The molecule has 23 heavy (non-hydrogen) atoms. The Morgan fingerprint density at radius 3 is 2.61 bits per heavy atom. The third-order valence-electron chi connectivity index (χ3n) is 3.34. The summed E-state index contributed by atoms with van der Waals surface area (Å²) in [6.07, 6.45) is -0.977. The molecule has 2 N–H and O–H groups in total. The average Bonchev–Trinajstić information content (AvgIpc) is 2.95. The second-order valence-corrected chi connectivity index (χ2v) is 6.39. The number of carbonyl (C=O) groups excluding carboxylic acids is 2. The first kappa shape index (κ1) is 15.2. The van der Waals surface area contributed by atoms with E-state index < -0.39 is 12.2 Å². The van der Waals surface area contributed by atoms with Gasteiger partial charge in [-0.2, -0.15) is 5.10 Å². The number of aryl methyl sites for hydroxylation is 1. The van der Waals surface area contributed by atoms with Crippen LogP contribution in [0.3, 0.4) is 0 Å². The highest BCUT2D eigenvalue weighted by Crippen LogP contribution is 2.18. The number of ether oxygens (including phenoxy) is 1. The van der Waals surface area contributed by atoms with E-state index in [0.717, 1.165) is 10.4 Å². The molecule has 1 aromatic carbocycles. The third kappa shape index (κ3) is 3.40. The predicted octanol–water partition coefficient (Wildman–Crippen LogP) is 3.14. The number of nitrogens with zero attached hydrogens (tertiary/aromatic N) is 1. The molecular formula is C16H15N3O3S. The number of benzene rings is 1. The van der Waals surface area contributed by atoms with Gasteiger partial charge >= 0.3 is 6.09 Å². The van der Waals surface area contributed by atoms with Crippen LogP contribution < -0.4 is 10.7 Å². The number of cyclic esters (lactones) is 1. The van der Waals surface area contributed by atoms with Gasteiger partial charge in [0.2, 0.25) is 0 Å². The Balaban J connectivity index is 1.72. The molecule has 0 saturated heterocycles. The largest absolute Gasteiger partial charge is 0.439 e. The van der Waals surface area contributed by atoms with E-state index in [1.807, 2.05) is 31.2 Å². The zero-order valence-electron chi connectivity index (χ0n) is 12.6. The Morgan fingerprint density at radius 1 is 1.26 bits per heavy atom. The molecule has 1 aromatic heterocycles. The first-order valence-electron chi connectivity index (χ1n) is 7.05. The second-order valence-electron chi connectivity index (χ2n) is 5.10. The minimum atomic E-state index is -0.559. The summed E-state index contributed by atoms with van der Waals surface area (Å²) < 4.78 is 5.06. The summed E-state index contributed by atoms with van der Waals surface area (Å²) in [5, 5.41) is 6.86. The molecule has 1 aliphatic rings. The average molecular weight is 329 g/mol. The number of nitrogens with one attached hydrogen (secondary N) is 2. The summed E-state index contributed by atoms with van der Waals surface area (Å²) in [5.74, 6) is -0.130. The van der Waals surface area contributed by atoms with Crippen LogP contribution in [0.5, 0.6) is 0 Å². The summed E-state index contributed by atoms with van der Waals surface area (Å²) in [7, 11) is 0. The van der Waals surface area contributed by atoms with Crippen LogP contribution in [0.25, 0.3) is 0 Å². The minimum Gasteiger partial charge on any atom is -0.439 e. The lowest BCUT2D eigenvalue weighted by Gasteiger charge is -2.20. The molecule has 0 spiro atoms. The van der Waals surface area contributed by atoms with Gasteiger partial charge in [-0.05, 0) is 38.1 Å². The fourth-order valence-corrected chi connectivity index (χ4v) is 2.98. The molecule has 2 amide bonds. The van der Waals surface area contributed by atoms with Crippen molar-refractivity contribution in [2.75, 3.05) is 5.32 Å². The molecule has 7 heteroatoms. The van der Waals surface area contributed by atoms with E-state index >= 15 is 0 Å². The topological polar surface area (TPSA) is 79.8 Å². The van der Waals surface area contributed by atoms with Crippen LogP contribution in [0, 0.1) is 6.92 Å². The van der Waals surface area contributed by atoms with Crippen molar-refractivity contribution < 1.29 is 14.3 Å². The van der Waals surface area contributed by atoms with Gasteiger partial charge in [0.25, 0.3) is 5.91 Å². The first-order valence-corrected chi connectivity index (χ1v) is 7.87. The van der Waals surface area contributed by atoms with Gasteiger partial charge in [-0.25, -0.2) is 10.2 Å². The molecule has 6 nitrogen and oxygen atoms in total. The van der Waals surface area contributed by atoms with Gasteiger partial charge in [-0.15, -0.1) is 11.3 Å². The lowest BCUT2D eigenvalue weighted by Crippen LogP contribution is -2.37. The molecule has 2 heterocycles. The Kier molecular flexibility index (Phi) is 4.12. The van der Waals surface area contributed by atoms with Crippen LogP contribution in [0.2, 0.25) is 0 Å². The molecule has 0 aliphatic carbocycles.